The van der Waals surface area contributed by atoms with Gasteiger partial charge in [-0.3, -0.25) is 9.59 Å². The van der Waals surface area contributed by atoms with Gasteiger partial charge < -0.3 is 15.5 Å². The number of hydrogen-bond acceptors (Lipinski definition) is 3. The molecule has 0 atom stereocenters. The molecule has 0 unspecified atom stereocenters. The Balaban J connectivity index is 2.24. The summed E-state index contributed by atoms with van der Waals surface area (Å²) in [6.07, 6.45) is 2.08. The van der Waals surface area contributed by atoms with Crippen LogP contribution in [0.1, 0.15) is 32.1 Å². The molecule has 0 aromatic heterocycles. The van der Waals surface area contributed by atoms with Crippen molar-refractivity contribution in [2.75, 3.05) is 0 Å². The minimum absolute atomic E-state index is 0.0326. The number of carboxylic acid groups (broad SMARTS) is 1. The van der Waals surface area contributed by atoms with Crippen molar-refractivity contribution in [2.24, 2.45) is 0 Å². The summed E-state index contributed by atoms with van der Waals surface area (Å²) in [5, 5.41) is 20.2. The van der Waals surface area contributed by atoms with E-state index in [-0.39, 0.29) is 12.1 Å². The third-order valence-corrected chi connectivity index (χ3v) is 2.37. The number of carbonyl (C=O) groups is 2. The fraction of sp³-hybridized carbons (Fsp3) is 0.778. The van der Waals surface area contributed by atoms with Crippen LogP contribution in [0.2, 0.25) is 0 Å². The van der Waals surface area contributed by atoms with Crippen molar-refractivity contribution in [3.63, 3.8) is 0 Å². The Labute approximate surface area is 82.1 Å². The van der Waals surface area contributed by atoms with Gasteiger partial charge in [-0.1, -0.05) is 0 Å². The highest BCUT2D eigenvalue weighted by Crippen LogP contribution is 2.18. The number of aliphatic hydroxyl groups excluding tert-OH is 1. The summed E-state index contributed by atoms with van der Waals surface area (Å²) in [5.41, 5.74) is 0. The summed E-state index contributed by atoms with van der Waals surface area (Å²) in [4.78, 5) is 21.3. The zero-order valence-corrected chi connectivity index (χ0v) is 7.90. The predicted molar refractivity (Wildman–Crippen MR) is 48.7 cm³/mol. The SMILES string of the molecule is O=C(O)CC(=O)NC1CCC(O)CC1. The smallest absolute Gasteiger partial charge is 0.312 e. The maximum atomic E-state index is 11.0. The van der Waals surface area contributed by atoms with Gasteiger partial charge in [-0.05, 0) is 25.7 Å². The number of rotatable bonds is 3. The average molecular weight is 201 g/mol. The van der Waals surface area contributed by atoms with Crippen LogP contribution in [-0.2, 0) is 9.59 Å². The molecule has 1 aliphatic carbocycles. The number of aliphatic carboxylic acids is 1. The van der Waals surface area contributed by atoms with Crippen LogP contribution in [0, 0.1) is 0 Å². The molecule has 3 N–H and O–H groups in total. The summed E-state index contributed by atoms with van der Waals surface area (Å²) in [5.74, 6) is -1.56. The molecule has 0 aliphatic heterocycles. The number of carboxylic acids is 1. The predicted octanol–water partition coefficient (Wildman–Crippen LogP) is -0.119. The minimum atomic E-state index is -1.11. The van der Waals surface area contributed by atoms with Crippen LogP contribution in [0.3, 0.4) is 0 Å². The summed E-state index contributed by atoms with van der Waals surface area (Å²) < 4.78 is 0. The van der Waals surface area contributed by atoms with Crippen LogP contribution in [0.5, 0.6) is 0 Å². The summed E-state index contributed by atoms with van der Waals surface area (Å²) in [6.45, 7) is 0. The van der Waals surface area contributed by atoms with Crippen LogP contribution in [0.25, 0.3) is 0 Å². The fourth-order valence-electron chi connectivity index (χ4n) is 1.64. The topological polar surface area (TPSA) is 86.6 Å². The van der Waals surface area contributed by atoms with Crippen molar-refractivity contribution >= 4 is 11.9 Å². The summed E-state index contributed by atoms with van der Waals surface area (Å²) in [6, 6.07) is 0.0326. The Morgan fingerprint density at radius 1 is 1.21 bits per heavy atom. The molecule has 0 heterocycles. The minimum Gasteiger partial charge on any atom is -0.481 e. The average Bonchev–Trinajstić information content (AvgIpc) is 2.07. The van der Waals surface area contributed by atoms with E-state index in [2.05, 4.69) is 5.32 Å². The van der Waals surface area contributed by atoms with E-state index in [1.165, 1.54) is 0 Å². The van der Waals surface area contributed by atoms with Crippen LogP contribution in [0.15, 0.2) is 0 Å². The lowest BCUT2D eigenvalue weighted by molar-refractivity contribution is -0.141. The first kappa shape index (κ1) is 11.0. The number of carbonyl (C=O) groups excluding carboxylic acids is 1. The molecule has 1 fully saturated rings. The second-order valence-electron chi connectivity index (χ2n) is 3.64. The second-order valence-corrected chi connectivity index (χ2v) is 3.64. The zero-order valence-electron chi connectivity index (χ0n) is 7.90. The van der Waals surface area contributed by atoms with E-state index in [9.17, 15) is 14.7 Å². The lowest BCUT2D eigenvalue weighted by Gasteiger charge is -2.25. The molecule has 80 valence electrons. The van der Waals surface area contributed by atoms with Crippen LogP contribution in [0.4, 0.5) is 0 Å². The van der Waals surface area contributed by atoms with E-state index in [1.807, 2.05) is 0 Å². The van der Waals surface area contributed by atoms with Gasteiger partial charge in [0, 0.05) is 6.04 Å². The molecule has 5 nitrogen and oxygen atoms in total. The van der Waals surface area contributed by atoms with Gasteiger partial charge in [-0.2, -0.15) is 0 Å². The van der Waals surface area contributed by atoms with Crippen molar-refractivity contribution in [1.29, 1.82) is 0 Å². The monoisotopic (exact) mass is 201 g/mol. The molecule has 14 heavy (non-hydrogen) atoms. The second kappa shape index (κ2) is 4.95. The highest BCUT2D eigenvalue weighted by Gasteiger charge is 2.21. The van der Waals surface area contributed by atoms with E-state index in [0.29, 0.717) is 12.8 Å². The molecule has 1 rings (SSSR count). The highest BCUT2D eigenvalue weighted by atomic mass is 16.4. The van der Waals surface area contributed by atoms with Crippen molar-refractivity contribution in [2.45, 2.75) is 44.2 Å². The molecule has 1 amide bonds. The van der Waals surface area contributed by atoms with Gasteiger partial charge in [0.2, 0.25) is 5.91 Å². The first-order chi connectivity index (χ1) is 6.58. The Bertz CT molecular complexity index is 221. The molecule has 0 bridgehead atoms. The molecule has 1 aliphatic rings. The highest BCUT2D eigenvalue weighted by molar-refractivity contribution is 5.93. The Morgan fingerprint density at radius 3 is 2.29 bits per heavy atom. The lowest BCUT2D eigenvalue weighted by atomic mass is 9.93. The van der Waals surface area contributed by atoms with E-state index in [0.717, 1.165) is 12.8 Å². The van der Waals surface area contributed by atoms with E-state index < -0.39 is 18.3 Å². The number of nitrogens with one attached hydrogen (secondary N) is 1. The first-order valence-corrected chi connectivity index (χ1v) is 4.77. The van der Waals surface area contributed by atoms with Gasteiger partial charge in [-0.15, -0.1) is 0 Å². The van der Waals surface area contributed by atoms with E-state index in [1.54, 1.807) is 0 Å². The van der Waals surface area contributed by atoms with Gasteiger partial charge in [0.15, 0.2) is 0 Å². The van der Waals surface area contributed by atoms with E-state index in [4.69, 9.17) is 5.11 Å². The van der Waals surface area contributed by atoms with Crippen molar-refractivity contribution in [1.82, 2.24) is 5.32 Å². The quantitative estimate of drug-likeness (QED) is 0.556. The third kappa shape index (κ3) is 3.74. The van der Waals surface area contributed by atoms with Gasteiger partial charge in [0.25, 0.3) is 0 Å². The van der Waals surface area contributed by atoms with Crippen LogP contribution in [-0.4, -0.2) is 34.2 Å². The summed E-state index contributed by atoms with van der Waals surface area (Å²) >= 11 is 0. The Hall–Kier alpha value is -1.10. The van der Waals surface area contributed by atoms with Crippen molar-refractivity contribution < 1.29 is 19.8 Å². The van der Waals surface area contributed by atoms with Gasteiger partial charge in [0.05, 0.1) is 6.10 Å². The maximum absolute atomic E-state index is 11.0. The molecular weight excluding hydrogens is 186 g/mol. The Morgan fingerprint density at radius 2 is 1.79 bits per heavy atom. The molecule has 0 radical (unpaired) electrons. The number of aliphatic hydroxyl groups is 1. The van der Waals surface area contributed by atoms with Crippen LogP contribution >= 0.6 is 0 Å². The van der Waals surface area contributed by atoms with Crippen molar-refractivity contribution in [3.8, 4) is 0 Å². The Kier molecular flexibility index (Phi) is 3.88. The zero-order chi connectivity index (χ0) is 10.6. The number of hydrogen-bond donors (Lipinski definition) is 3. The van der Waals surface area contributed by atoms with E-state index >= 15 is 0 Å². The molecular formula is C9H15NO4. The first-order valence-electron chi connectivity index (χ1n) is 4.77. The lowest BCUT2D eigenvalue weighted by Crippen LogP contribution is -2.39. The summed E-state index contributed by atoms with van der Waals surface area (Å²) in [7, 11) is 0. The van der Waals surface area contributed by atoms with Gasteiger partial charge >= 0.3 is 5.97 Å². The van der Waals surface area contributed by atoms with Crippen molar-refractivity contribution in [3.05, 3.63) is 0 Å². The molecule has 5 heteroatoms. The fourth-order valence-corrected chi connectivity index (χ4v) is 1.64. The molecule has 1 saturated carbocycles. The normalized spacial score (nSPS) is 26.9. The van der Waals surface area contributed by atoms with Gasteiger partial charge in [-0.25, -0.2) is 0 Å². The molecule has 0 spiro atoms. The van der Waals surface area contributed by atoms with Gasteiger partial charge in [0.1, 0.15) is 6.42 Å². The third-order valence-electron chi connectivity index (χ3n) is 2.37. The number of amides is 1. The molecule has 0 aromatic rings. The van der Waals surface area contributed by atoms with Crippen LogP contribution < -0.4 is 5.32 Å². The maximum Gasteiger partial charge on any atom is 0.312 e. The largest absolute Gasteiger partial charge is 0.481 e. The molecule has 0 aromatic carbocycles. The molecule has 0 saturated heterocycles. The standard InChI is InChI=1S/C9H15NO4/c11-7-3-1-6(2-4-7)10-8(12)5-9(13)14/h6-7,11H,1-5H2,(H,10,12)(H,13,14).